The summed E-state index contributed by atoms with van der Waals surface area (Å²) in [5, 5.41) is 5.81. The molecule has 6 nitrogen and oxygen atoms in total. The van der Waals surface area contributed by atoms with Crippen LogP contribution in [0.5, 0.6) is 5.75 Å². The summed E-state index contributed by atoms with van der Waals surface area (Å²) < 4.78 is 49.6. The minimum Gasteiger partial charge on any atom is -0.496 e. The van der Waals surface area contributed by atoms with Gasteiger partial charge in [0.25, 0.3) is 0 Å². The van der Waals surface area contributed by atoms with E-state index in [1.807, 2.05) is 0 Å². The van der Waals surface area contributed by atoms with E-state index >= 15 is 4.48 Å². The van der Waals surface area contributed by atoms with Gasteiger partial charge >= 0.3 is 0 Å². The zero-order valence-corrected chi connectivity index (χ0v) is 14.7. The fraction of sp³-hybridized carbons (Fsp3) is 0.294. The number of nitrogens with zero attached hydrogens (tertiary/aromatic N) is 1. The standard InChI is InChI=1S/C17H19FN2O4S/c1-12-20(18)17(11-24-12,15-8-3-4-9-16(15)23-2)13-6-5-7-14(10-13)25(19,21)22/h3-10,12H,11H2,1-2H3,(H2,19,21,22). The second kappa shape index (κ2) is 6.38. The third kappa shape index (κ3) is 2.91. The number of nitrogens with two attached hydrogens (primary N) is 1. The first kappa shape index (κ1) is 17.8. The lowest BCUT2D eigenvalue weighted by atomic mass is 9.83. The third-order valence-electron chi connectivity index (χ3n) is 4.41. The first-order valence-electron chi connectivity index (χ1n) is 7.64. The second-order valence-corrected chi connectivity index (χ2v) is 7.42. The van der Waals surface area contributed by atoms with Crippen molar-refractivity contribution in [2.75, 3.05) is 13.7 Å². The smallest absolute Gasteiger partial charge is 0.238 e. The maximum absolute atomic E-state index is 15.2. The van der Waals surface area contributed by atoms with Crippen LogP contribution in [0.4, 0.5) is 4.48 Å². The fourth-order valence-corrected chi connectivity index (χ4v) is 3.71. The average Bonchev–Trinajstić information content (AvgIpc) is 2.90. The van der Waals surface area contributed by atoms with E-state index in [-0.39, 0.29) is 11.5 Å². The molecule has 0 radical (unpaired) electrons. The highest BCUT2D eigenvalue weighted by Gasteiger charge is 2.51. The SMILES string of the molecule is COc1ccccc1C1(c2cccc(S(N)(=O)=O)c2)COC(C)N1F. The van der Waals surface area contributed by atoms with E-state index in [2.05, 4.69) is 0 Å². The van der Waals surface area contributed by atoms with E-state index in [1.54, 1.807) is 37.3 Å². The molecule has 0 aliphatic carbocycles. The summed E-state index contributed by atoms with van der Waals surface area (Å²) in [5.74, 6) is 0.476. The molecule has 1 heterocycles. The Bertz CT molecular complexity index is 890. The number of primary sulfonamides is 1. The Morgan fingerprint density at radius 2 is 2.00 bits per heavy atom. The maximum Gasteiger partial charge on any atom is 0.238 e. The molecule has 2 N–H and O–H groups in total. The van der Waals surface area contributed by atoms with Gasteiger partial charge in [-0.2, -0.15) is 0 Å². The van der Waals surface area contributed by atoms with Crippen molar-refractivity contribution in [2.24, 2.45) is 5.14 Å². The highest BCUT2D eigenvalue weighted by molar-refractivity contribution is 7.89. The molecule has 0 amide bonds. The van der Waals surface area contributed by atoms with Crippen LogP contribution >= 0.6 is 0 Å². The minimum atomic E-state index is -3.92. The van der Waals surface area contributed by atoms with E-state index in [4.69, 9.17) is 14.6 Å². The second-order valence-electron chi connectivity index (χ2n) is 5.85. The van der Waals surface area contributed by atoms with Crippen molar-refractivity contribution in [1.29, 1.82) is 0 Å². The molecular formula is C17H19FN2O4S. The molecule has 1 saturated heterocycles. The van der Waals surface area contributed by atoms with Crippen molar-refractivity contribution in [1.82, 2.24) is 5.12 Å². The zero-order valence-electron chi connectivity index (χ0n) is 13.8. The van der Waals surface area contributed by atoms with Crippen molar-refractivity contribution in [3.05, 3.63) is 59.7 Å². The molecule has 1 aliphatic heterocycles. The topological polar surface area (TPSA) is 81.9 Å². The van der Waals surface area contributed by atoms with Gasteiger partial charge in [0.1, 0.15) is 17.5 Å². The number of sulfonamides is 1. The van der Waals surface area contributed by atoms with Gasteiger partial charge in [0.05, 0.1) is 18.6 Å². The number of hydrogen-bond acceptors (Lipinski definition) is 5. The average molecular weight is 366 g/mol. The van der Waals surface area contributed by atoms with E-state index in [9.17, 15) is 8.42 Å². The Balaban J connectivity index is 2.28. The summed E-state index contributed by atoms with van der Waals surface area (Å²) in [4.78, 5) is -0.0905. The van der Waals surface area contributed by atoms with Gasteiger partial charge < -0.3 is 9.47 Å². The predicted molar refractivity (Wildman–Crippen MR) is 90.0 cm³/mol. The van der Waals surface area contributed by atoms with Crippen molar-refractivity contribution < 1.29 is 22.4 Å². The van der Waals surface area contributed by atoms with E-state index in [1.165, 1.54) is 25.3 Å². The first-order chi connectivity index (χ1) is 11.8. The van der Waals surface area contributed by atoms with Crippen LogP contribution in [-0.2, 0) is 20.3 Å². The van der Waals surface area contributed by atoms with Crippen LogP contribution in [0.25, 0.3) is 0 Å². The van der Waals surface area contributed by atoms with E-state index < -0.39 is 21.8 Å². The van der Waals surface area contributed by atoms with Gasteiger partial charge in [-0.3, -0.25) is 0 Å². The molecule has 2 aromatic rings. The number of ether oxygens (including phenoxy) is 2. The van der Waals surface area contributed by atoms with Crippen LogP contribution in [0.3, 0.4) is 0 Å². The molecule has 8 heteroatoms. The molecule has 0 saturated carbocycles. The lowest BCUT2D eigenvalue weighted by Crippen LogP contribution is -2.42. The third-order valence-corrected chi connectivity index (χ3v) is 5.32. The molecule has 0 spiro atoms. The van der Waals surface area contributed by atoms with Gasteiger partial charge in [0.15, 0.2) is 0 Å². The Kier molecular flexibility index (Phi) is 4.54. The number of benzene rings is 2. The quantitative estimate of drug-likeness (QED) is 0.839. The maximum atomic E-state index is 15.2. The summed E-state index contributed by atoms with van der Waals surface area (Å²) in [6.07, 6.45) is -0.803. The molecule has 2 atom stereocenters. The summed E-state index contributed by atoms with van der Waals surface area (Å²) in [5.41, 5.74) is -0.390. The van der Waals surface area contributed by atoms with E-state index in [0.29, 0.717) is 22.0 Å². The number of halogens is 1. The van der Waals surface area contributed by atoms with Crippen molar-refractivity contribution in [3.63, 3.8) is 0 Å². The molecule has 1 aliphatic rings. The molecule has 0 aromatic heterocycles. The van der Waals surface area contributed by atoms with Crippen LogP contribution < -0.4 is 9.88 Å². The van der Waals surface area contributed by atoms with Crippen molar-refractivity contribution in [2.45, 2.75) is 23.6 Å². The van der Waals surface area contributed by atoms with Crippen molar-refractivity contribution in [3.8, 4) is 5.75 Å². The minimum absolute atomic E-state index is 0.000881. The number of methoxy groups -OCH3 is 1. The van der Waals surface area contributed by atoms with Crippen LogP contribution in [0.2, 0.25) is 0 Å². The Hall–Kier alpha value is -2.00. The molecule has 2 aromatic carbocycles. The Morgan fingerprint density at radius 1 is 1.28 bits per heavy atom. The van der Waals surface area contributed by atoms with Gasteiger partial charge in [-0.1, -0.05) is 30.3 Å². The summed E-state index contributed by atoms with van der Waals surface area (Å²) in [6.45, 7) is 1.58. The molecule has 2 unspecified atom stereocenters. The van der Waals surface area contributed by atoms with Gasteiger partial charge in [-0.15, -0.1) is 9.60 Å². The normalized spacial score (nSPS) is 24.4. The van der Waals surface area contributed by atoms with Crippen LogP contribution in [0.15, 0.2) is 53.4 Å². The Morgan fingerprint density at radius 3 is 2.60 bits per heavy atom. The van der Waals surface area contributed by atoms with Crippen LogP contribution in [0.1, 0.15) is 18.1 Å². The number of rotatable bonds is 4. The summed E-state index contributed by atoms with van der Waals surface area (Å²) in [6, 6.07) is 12.9. The van der Waals surface area contributed by atoms with Gasteiger partial charge in [-0.05, 0) is 30.7 Å². The number of para-hydroxylation sites is 1. The largest absolute Gasteiger partial charge is 0.496 e. The lowest BCUT2D eigenvalue weighted by molar-refractivity contribution is -0.100. The molecule has 1 fully saturated rings. The molecular weight excluding hydrogens is 347 g/mol. The lowest BCUT2D eigenvalue weighted by Gasteiger charge is -2.34. The molecule has 3 rings (SSSR count). The summed E-state index contributed by atoms with van der Waals surface area (Å²) >= 11 is 0. The Labute approximate surface area is 145 Å². The highest BCUT2D eigenvalue weighted by atomic mass is 32.2. The fourth-order valence-electron chi connectivity index (χ4n) is 3.15. The van der Waals surface area contributed by atoms with Crippen LogP contribution in [0, 0.1) is 0 Å². The monoisotopic (exact) mass is 366 g/mol. The zero-order chi connectivity index (χ0) is 18.2. The molecule has 25 heavy (non-hydrogen) atoms. The predicted octanol–water partition coefficient (Wildman–Crippen LogP) is 2.15. The summed E-state index contributed by atoms with van der Waals surface area (Å²) in [7, 11) is -2.43. The van der Waals surface area contributed by atoms with E-state index in [0.717, 1.165) is 0 Å². The van der Waals surface area contributed by atoms with Gasteiger partial charge in [0.2, 0.25) is 10.0 Å². The number of hydrogen-bond donors (Lipinski definition) is 1. The molecule has 134 valence electrons. The van der Waals surface area contributed by atoms with Crippen LogP contribution in [-0.4, -0.2) is 33.5 Å². The highest BCUT2D eigenvalue weighted by Crippen LogP contribution is 2.46. The van der Waals surface area contributed by atoms with Crippen molar-refractivity contribution >= 4 is 10.0 Å². The first-order valence-corrected chi connectivity index (χ1v) is 9.19. The van der Waals surface area contributed by atoms with Gasteiger partial charge in [0, 0.05) is 5.56 Å². The molecule has 0 bridgehead atoms. The van der Waals surface area contributed by atoms with Gasteiger partial charge in [-0.25, -0.2) is 13.6 Å².